The lowest BCUT2D eigenvalue weighted by Gasteiger charge is -2.05. The van der Waals surface area contributed by atoms with Crippen LogP contribution < -0.4 is 0 Å². The first-order valence-corrected chi connectivity index (χ1v) is 7.62. The van der Waals surface area contributed by atoms with Crippen LogP contribution in [-0.4, -0.2) is 15.6 Å². The van der Waals surface area contributed by atoms with Crippen LogP contribution in [0.25, 0.3) is 11.3 Å². The summed E-state index contributed by atoms with van der Waals surface area (Å²) in [5.41, 5.74) is 3.56. The molecule has 0 aliphatic carbocycles. The fraction of sp³-hybridized carbons (Fsp3) is 0.118. The highest BCUT2D eigenvalue weighted by atomic mass is 32.1. The van der Waals surface area contributed by atoms with Crippen molar-refractivity contribution >= 4 is 17.5 Å². The Balaban J connectivity index is 1.73. The Kier molecular flexibility index (Phi) is 4.25. The van der Waals surface area contributed by atoms with E-state index in [4.69, 9.17) is 4.74 Å². The van der Waals surface area contributed by atoms with Crippen molar-refractivity contribution in [2.24, 2.45) is 0 Å². The second-order valence-electron chi connectivity index (χ2n) is 4.88. The summed E-state index contributed by atoms with van der Waals surface area (Å²) >= 11 is 1.05. The topological polar surface area (TPSA) is 52.1 Å². The number of carbonyl (C=O) groups is 1. The Bertz CT molecular complexity index is 767. The van der Waals surface area contributed by atoms with Gasteiger partial charge in [-0.2, -0.15) is 0 Å². The molecule has 0 fully saturated rings. The maximum Gasteiger partial charge on any atom is 0.352 e. The number of aromatic nitrogens is 2. The first-order valence-electron chi connectivity index (χ1n) is 6.84. The third-order valence-corrected chi connectivity index (χ3v) is 3.92. The minimum Gasteiger partial charge on any atom is -0.457 e. The van der Waals surface area contributed by atoms with E-state index in [1.165, 1.54) is 5.56 Å². The van der Waals surface area contributed by atoms with Crippen LogP contribution in [0.4, 0.5) is 0 Å². The van der Waals surface area contributed by atoms with Crippen LogP contribution in [-0.2, 0) is 11.3 Å². The molecule has 0 aliphatic heterocycles. The van der Waals surface area contributed by atoms with Gasteiger partial charge in [-0.1, -0.05) is 64.6 Å². The summed E-state index contributed by atoms with van der Waals surface area (Å²) in [5.74, 6) is -0.394. The summed E-state index contributed by atoms with van der Waals surface area (Å²) in [7, 11) is 0. The smallest absolute Gasteiger partial charge is 0.352 e. The fourth-order valence-electron chi connectivity index (χ4n) is 2.01. The third-order valence-electron chi connectivity index (χ3n) is 3.21. The summed E-state index contributed by atoms with van der Waals surface area (Å²) in [6, 6.07) is 17.4. The minimum absolute atomic E-state index is 0.241. The lowest BCUT2D eigenvalue weighted by atomic mass is 10.1. The van der Waals surface area contributed by atoms with Gasteiger partial charge in [0.15, 0.2) is 4.88 Å². The van der Waals surface area contributed by atoms with Gasteiger partial charge in [0.2, 0.25) is 0 Å². The van der Waals surface area contributed by atoms with Crippen molar-refractivity contribution in [2.45, 2.75) is 13.5 Å². The normalized spacial score (nSPS) is 10.4. The minimum atomic E-state index is -0.394. The van der Waals surface area contributed by atoms with Crippen molar-refractivity contribution in [3.63, 3.8) is 0 Å². The van der Waals surface area contributed by atoms with Crippen LogP contribution in [0.1, 0.15) is 20.8 Å². The van der Waals surface area contributed by atoms with Gasteiger partial charge in [-0.15, -0.1) is 5.10 Å². The zero-order valence-electron chi connectivity index (χ0n) is 12.0. The molecule has 2 aromatic carbocycles. The molecule has 0 unspecified atom stereocenters. The summed E-state index contributed by atoms with van der Waals surface area (Å²) in [6.45, 7) is 2.26. The third kappa shape index (κ3) is 3.20. The van der Waals surface area contributed by atoms with E-state index in [-0.39, 0.29) is 6.61 Å². The average Bonchev–Trinajstić information content (AvgIpc) is 3.04. The Morgan fingerprint density at radius 2 is 1.82 bits per heavy atom. The Morgan fingerprint density at radius 1 is 1.09 bits per heavy atom. The van der Waals surface area contributed by atoms with Crippen molar-refractivity contribution < 1.29 is 9.53 Å². The van der Waals surface area contributed by atoms with Crippen LogP contribution in [0.15, 0.2) is 54.6 Å². The summed E-state index contributed by atoms with van der Waals surface area (Å²) < 4.78 is 9.24. The first-order chi connectivity index (χ1) is 10.7. The highest BCUT2D eigenvalue weighted by Crippen LogP contribution is 2.24. The Morgan fingerprint density at radius 3 is 2.55 bits per heavy atom. The standard InChI is InChI=1S/C17H14N2O2S/c1-12-7-9-13(10-8-12)11-21-17(20)16-15(18-19-22-16)14-5-3-2-4-6-14/h2-10H,11H2,1H3. The molecule has 1 aromatic heterocycles. The second kappa shape index (κ2) is 6.49. The molecule has 0 amide bonds. The number of benzene rings is 2. The van der Waals surface area contributed by atoms with Crippen LogP contribution in [0, 0.1) is 6.92 Å². The van der Waals surface area contributed by atoms with E-state index in [1.807, 2.05) is 61.5 Å². The average molecular weight is 310 g/mol. The predicted octanol–water partition coefficient (Wildman–Crippen LogP) is 3.87. The maximum absolute atomic E-state index is 12.2. The van der Waals surface area contributed by atoms with Crippen molar-refractivity contribution in [3.8, 4) is 11.3 Å². The van der Waals surface area contributed by atoms with E-state index >= 15 is 0 Å². The predicted molar refractivity (Wildman–Crippen MR) is 85.6 cm³/mol. The summed E-state index contributed by atoms with van der Waals surface area (Å²) in [6.07, 6.45) is 0. The molecule has 5 heteroatoms. The van der Waals surface area contributed by atoms with Gasteiger partial charge in [-0.05, 0) is 24.0 Å². The van der Waals surface area contributed by atoms with Crippen LogP contribution >= 0.6 is 11.5 Å². The molecule has 0 radical (unpaired) electrons. The maximum atomic E-state index is 12.2. The molecule has 0 saturated carbocycles. The van der Waals surface area contributed by atoms with Gasteiger partial charge in [-0.3, -0.25) is 0 Å². The molecule has 4 nitrogen and oxygen atoms in total. The van der Waals surface area contributed by atoms with E-state index in [1.54, 1.807) is 0 Å². The molecule has 3 rings (SSSR count). The van der Waals surface area contributed by atoms with Crippen LogP contribution in [0.5, 0.6) is 0 Å². The van der Waals surface area contributed by atoms with E-state index in [0.717, 1.165) is 22.7 Å². The molecular formula is C17H14N2O2S. The molecule has 1 heterocycles. The highest BCUT2D eigenvalue weighted by Gasteiger charge is 2.19. The molecule has 3 aromatic rings. The molecule has 22 heavy (non-hydrogen) atoms. The van der Waals surface area contributed by atoms with Gasteiger partial charge in [0.1, 0.15) is 12.3 Å². The van der Waals surface area contributed by atoms with Gasteiger partial charge in [0, 0.05) is 5.56 Å². The van der Waals surface area contributed by atoms with Crippen LogP contribution in [0.3, 0.4) is 0 Å². The molecule has 0 bridgehead atoms. The monoisotopic (exact) mass is 310 g/mol. The van der Waals surface area contributed by atoms with Crippen molar-refractivity contribution in [1.82, 2.24) is 9.59 Å². The van der Waals surface area contributed by atoms with Gasteiger partial charge >= 0.3 is 5.97 Å². The molecular weight excluding hydrogens is 296 g/mol. The number of esters is 1. The number of ether oxygens (including phenoxy) is 1. The van der Waals surface area contributed by atoms with Gasteiger partial charge in [0.05, 0.1) is 0 Å². The zero-order chi connectivity index (χ0) is 15.4. The van der Waals surface area contributed by atoms with Crippen molar-refractivity contribution in [2.75, 3.05) is 0 Å². The molecule has 0 spiro atoms. The Labute approximate surface area is 132 Å². The van der Waals surface area contributed by atoms with E-state index in [0.29, 0.717) is 10.6 Å². The Hall–Kier alpha value is -2.53. The SMILES string of the molecule is Cc1ccc(COC(=O)c2snnc2-c2ccccc2)cc1. The lowest BCUT2D eigenvalue weighted by molar-refractivity contribution is 0.0479. The van der Waals surface area contributed by atoms with Crippen molar-refractivity contribution in [3.05, 3.63) is 70.6 Å². The van der Waals surface area contributed by atoms with Gasteiger partial charge in [0.25, 0.3) is 0 Å². The summed E-state index contributed by atoms with van der Waals surface area (Å²) in [4.78, 5) is 12.7. The second-order valence-corrected chi connectivity index (χ2v) is 5.63. The van der Waals surface area contributed by atoms with Gasteiger partial charge in [-0.25, -0.2) is 4.79 Å². The number of rotatable bonds is 4. The molecule has 0 atom stereocenters. The summed E-state index contributed by atoms with van der Waals surface area (Å²) in [5, 5.41) is 4.04. The molecule has 0 saturated heterocycles. The highest BCUT2D eigenvalue weighted by molar-refractivity contribution is 7.08. The van der Waals surface area contributed by atoms with E-state index in [2.05, 4.69) is 9.59 Å². The number of hydrogen-bond donors (Lipinski definition) is 0. The molecule has 0 N–H and O–H groups in total. The van der Waals surface area contributed by atoms with Crippen molar-refractivity contribution in [1.29, 1.82) is 0 Å². The quantitative estimate of drug-likeness (QED) is 0.686. The van der Waals surface area contributed by atoms with E-state index in [9.17, 15) is 4.79 Å². The number of aryl methyl sites for hydroxylation is 1. The fourth-order valence-corrected chi connectivity index (χ4v) is 2.59. The number of carbonyl (C=O) groups excluding carboxylic acids is 1. The number of hydrogen-bond acceptors (Lipinski definition) is 5. The van der Waals surface area contributed by atoms with E-state index < -0.39 is 5.97 Å². The van der Waals surface area contributed by atoms with Crippen LogP contribution in [0.2, 0.25) is 0 Å². The number of nitrogens with zero attached hydrogens (tertiary/aromatic N) is 2. The lowest BCUT2D eigenvalue weighted by Crippen LogP contribution is -2.05. The molecule has 110 valence electrons. The largest absolute Gasteiger partial charge is 0.457 e. The molecule has 0 aliphatic rings. The zero-order valence-corrected chi connectivity index (χ0v) is 12.8. The first kappa shape index (κ1) is 14.4. The van der Waals surface area contributed by atoms with Gasteiger partial charge < -0.3 is 4.74 Å².